The summed E-state index contributed by atoms with van der Waals surface area (Å²) in [4.78, 5) is 10.9. The van der Waals surface area contributed by atoms with Gasteiger partial charge in [-0.2, -0.15) is 11.8 Å². The van der Waals surface area contributed by atoms with Crippen LogP contribution in [0.5, 0.6) is 0 Å². The van der Waals surface area contributed by atoms with Crippen LogP contribution in [0.3, 0.4) is 0 Å². The van der Waals surface area contributed by atoms with Crippen LogP contribution < -0.4 is 10.2 Å². The van der Waals surface area contributed by atoms with Gasteiger partial charge in [0.2, 0.25) is 0 Å². The minimum Gasteiger partial charge on any atom is -0.373 e. The van der Waals surface area contributed by atoms with E-state index in [-0.39, 0.29) is 0 Å². The molecule has 17 heavy (non-hydrogen) atoms. The molecule has 1 aromatic rings. The molecule has 2 rings (SSSR count). The first-order valence-corrected chi connectivity index (χ1v) is 7.40. The molecule has 4 nitrogen and oxygen atoms in total. The van der Waals surface area contributed by atoms with Crippen molar-refractivity contribution in [2.24, 2.45) is 0 Å². The molecule has 1 aliphatic rings. The maximum Gasteiger partial charge on any atom is 0.134 e. The Labute approximate surface area is 107 Å². The van der Waals surface area contributed by atoms with Crippen molar-refractivity contribution >= 4 is 23.4 Å². The van der Waals surface area contributed by atoms with Gasteiger partial charge < -0.3 is 10.2 Å². The molecule has 0 spiro atoms. The van der Waals surface area contributed by atoms with Gasteiger partial charge in [-0.15, -0.1) is 0 Å². The van der Waals surface area contributed by atoms with Crippen LogP contribution in [0.25, 0.3) is 0 Å². The molecular formula is C12H20N4S. The van der Waals surface area contributed by atoms with Crippen molar-refractivity contribution in [1.82, 2.24) is 9.97 Å². The van der Waals surface area contributed by atoms with E-state index in [9.17, 15) is 0 Å². The number of thioether (sulfide) groups is 1. The summed E-state index contributed by atoms with van der Waals surface area (Å²) in [5.41, 5.74) is 0. The normalized spacial score (nSPS) is 21.1. The predicted molar refractivity (Wildman–Crippen MR) is 74.9 cm³/mol. The molecule has 0 bridgehead atoms. The van der Waals surface area contributed by atoms with Crippen LogP contribution in [0.15, 0.2) is 12.4 Å². The van der Waals surface area contributed by atoms with Gasteiger partial charge in [-0.1, -0.05) is 0 Å². The summed E-state index contributed by atoms with van der Waals surface area (Å²) in [5, 5.41) is 3.87. The van der Waals surface area contributed by atoms with E-state index in [0.717, 1.165) is 30.0 Å². The fourth-order valence-electron chi connectivity index (χ4n) is 2.19. The topological polar surface area (TPSA) is 41.0 Å². The number of anilines is 2. The Kier molecular flexibility index (Phi) is 4.48. The Balaban J connectivity index is 2.05. The summed E-state index contributed by atoms with van der Waals surface area (Å²) in [6.07, 6.45) is 7.67. The van der Waals surface area contributed by atoms with Gasteiger partial charge >= 0.3 is 0 Å². The molecule has 1 aromatic heterocycles. The molecule has 0 aliphatic carbocycles. The smallest absolute Gasteiger partial charge is 0.134 e. The highest BCUT2D eigenvalue weighted by molar-refractivity contribution is 7.99. The zero-order chi connectivity index (χ0) is 12.1. The third-order valence-electron chi connectivity index (χ3n) is 3.24. The van der Waals surface area contributed by atoms with Crippen molar-refractivity contribution < 1.29 is 0 Å². The van der Waals surface area contributed by atoms with Crippen LogP contribution in [-0.2, 0) is 0 Å². The molecule has 0 saturated carbocycles. The lowest BCUT2D eigenvalue weighted by Gasteiger charge is -2.21. The van der Waals surface area contributed by atoms with E-state index in [0.29, 0.717) is 0 Å². The standard InChI is InChI=1S/C12H20N4S/c1-13-11-8-12(15-9-14-11)16-6-3-4-10(17-2)5-7-16/h8-10H,3-7H2,1-2H3,(H,13,14,15). The third-order valence-corrected chi connectivity index (χ3v) is 4.38. The molecule has 0 radical (unpaired) electrons. The molecule has 0 aromatic carbocycles. The van der Waals surface area contributed by atoms with E-state index in [2.05, 4.69) is 26.4 Å². The van der Waals surface area contributed by atoms with Crippen LogP contribution >= 0.6 is 11.8 Å². The second-order valence-electron chi connectivity index (χ2n) is 4.29. The first-order chi connectivity index (χ1) is 8.33. The molecule has 5 heteroatoms. The summed E-state index contributed by atoms with van der Waals surface area (Å²) < 4.78 is 0. The number of hydrogen-bond donors (Lipinski definition) is 1. The first kappa shape index (κ1) is 12.5. The summed E-state index contributed by atoms with van der Waals surface area (Å²) in [5.74, 6) is 1.94. The van der Waals surface area contributed by atoms with Crippen LogP contribution in [0, 0.1) is 0 Å². The molecule has 1 aliphatic heterocycles. The monoisotopic (exact) mass is 252 g/mol. The van der Waals surface area contributed by atoms with E-state index < -0.39 is 0 Å². The Morgan fingerprint density at radius 3 is 3.00 bits per heavy atom. The van der Waals surface area contributed by atoms with Gasteiger partial charge in [0.1, 0.15) is 18.0 Å². The number of rotatable bonds is 3. The zero-order valence-corrected chi connectivity index (χ0v) is 11.3. The quantitative estimate of drug-likeness (QED) is 0.893. The Morgan fingerprint density at radius 2 is 2.24 bits per heavy atom. The SMILES string of the molecule is CNc1cc(N2CCCC(SC)CC2)ncn1. The van der Waals surface area contributed by atoms with Gasteiger partial charge in [-0.05, 0) is 25.5 Å². The molecule has 1 fully saturated rings. The molecule has 1 saturated heterocycles. The lowest BCUT2D eigenvalue weighted by atomic mass is 10.2. The van der Waals surface area contributed by atoms with Crippen molar-refractivity contribution in [3.05, 3.63) is 12.4 Å². The molecule has 94 valence electrons. The Hall–Kier alpha value is -0.970. The van der Waals surface area contributed by atoms with Gasteiger partial charge in [0.05, 0.1) is 0 Å². The van der Waals surface area contributed by atoms with Crippen LogP contribution in [-0.4, -0.2) is 41.6 Å². The second kappa shape index (κ2) is 6.10. The molecule has 1 N–H and O–H groups in total. The number of nitrogens with one attached hydrogen (secondary N) is 1. The van der Waals surface area contributed by atoms with Crippen LogP contribution in [0.4, 0.5) is 11.6 Å². The van der Waals surface area contributed by atoms with E-state index in [4.69, 9.17) is 0 Å². The highest BCUT2D eigenvalue weighted by Gasteiger charge is 2.17. The highest BCUT2D eigenvalue weighted by atomic mass is 32.2. The van der Waals surface area contributed by atoms with Gasteiger partial charge in [0, 0.05) is 31.5 Å². The maximum atomic E-state index is 4.37. The van der Waals surface area contributed by atoms with Gasteiger partial charge in [-0.3, -0.25) is 0 Å². The maximum absolute atomic E-state index is 4.37. The van der Waals surface area contributed by atoms with E-state index in [1.807, 2.05) is 24.9 Å². The summed E-state index contributed by atoms with van der Waals surface area (Å²) >= 11 is 1.99. The highest BCUT2D eigenvalue weighted by Crippen LogP contribution is 2.24. The lowest BCUT2D eigenvalue weighted by Crippen LogP contribution is -2.25. The molecular weight excluding hydrogens is 232 g/mol. The number of aromatic nitrogens is 2. The fraction of sp³-hybridized carbons (Fsp3) is 0.667. The summed E-state index contributed by atoms with van der Waals surface area (Å²) in [7, 11) is 1.89. The van der Waals surface area contributed by atoms with Gasteiger partial charge in [0.25, 0.3) is 0 Å². The largest absolute Gasteiger partial charge is 0.373 e. The number of nitrogens with zero attached hydrogens (tertiary/aromatic N) is 3. The van der Waals surface area contributed by atoms with Crippen molar-refractivity contribution in [3.8, 4) is 0 Å². The van der Waals surface area contributed by atoms with Gasteiger partial charge in [-0.25, -0.2) is 9.97 Å². The summed E-state index contributed by atoms with van der Waals surface area (Å²) in [6.45, 7) is 2.21. The van der Waals surface area contributed by atoms with E-state index in [1.54, 1.807) is 6.33 Å². The van der Waals surface area contributed by atoms with Gasteiger partial charge in [0.15, 0.2) is 0 Å². The second-order valence-corrected chi connectivity index (χ2v) is 5.43. The van der Waals surface area contributed by atoms with Crippen molar-refractivity contribution in [2.45, 2.75) is 24.5 Å². The molecule has 1 atom stereocenters. The van der Waals surface area contributed by atoms with Crippen molar-refractivity contribution in [2.75, 3.05) is 36.6 Å². The molecule has 2 heterocycles. The lowest BCUT2D eigenvalue weighted by molar-refractivity contribution is 0.745. The van der Waals surface area contributed by atoms with Crippen molar-refractivity contribution in [1.29, 1.82) is 0 Å². The molecule has 1 unspecified atom stereocenters. The van der Waals surface area contributed by atoms with Crippen molar-refractivity contribution in [3.63, 3.8) is 0 Å². The Bertz CT molecular complexity index is 358. The number of hydrogen-bond acceptors (Lipinski definition) is 5. The van der Waals surface area contributed by atoms with E-state index >= 15 is 0 Å². The minimum atomic E-state index is 0.811. The van der Waals surface area contributed by atoms with Crippen LogP contribution in [0.1, 0.15) is 19.3 Å². The van der Waals surface area contributed by atoms with E-state index in [1.165, 1.54) is 19.3 Å². The molecule has 0 amide bonds. The third kappa shape index (κ3) is 3.25. The summed E-state index contributed by atoms with van der Waals surface area (Å²) in [6, 6.07) is 2.03. The Morgan fingerprint density at radius 1 is 1.35 bits per heavy atom. The minimum absolute atomic E-state index is 0.811. The average molecular weight is 252 g/mol. The van der Waals surface area contributed by atoms with Crippen LogP contribution in [0.2, 0.25) is 0 Å². The fourth-order valence-corrected chi connectivity index (χ4v) is 2.93. The average Bonchev–Trinajstić information content (AvgIpc) is 2.64. The predicted octanol–water partition coefficient (Wildman–Crippen LogP) is 2.24. The zero-order valence-electron chi connectivity index (χ0n) is 10.5. The first-order valence-electron chi connectivity index (χ1n) is 6.11.